The zero-order valence-corrected chi connectivity index (χ0v) is 26.6. The molecule has 0 bridgehead atoms. The number of aliphatic imine (C=N–C) groups is 2. The summed E-state index contributed by atoms with van der Waals surface area (Å²) < 4.78 is 5.51. The van der Waals surface area contributed by atoms with E-state index in [2.05, 4.69) is 41.1 Å². The number of amides is 1. The third-order valence-corrected chi connectivity index (χ3v) is 7.89. The van der Waals surface area contributed by atoms with Gasteiger partial charge >= 0.3 is 0 Å². The molecular weight excluding hydrogens is 576 g/mol. The zero-order chi connectivity index (χ0) is 31.6. The largest absolute Gasteiger partial charge is 0.381 e. The van der Waals surface area contributed by atoms with Crippen LogP contribution in [0.2, 0.25) is 5.02 Å². The number of rotatable bonds is 9. The highest BCUT2D eigenvalue weighted by Gasteiger charge is 2.32. The second kappa shape index (κ2) is 15.9. The SMILES string of the molecule is C/C=C1/C=C(c2ccc(C3=NC(C)ON3)cc2Cl)C(=O)N(Cc2ccc(CCN)cc2)/C1=N/C(C)NC1CCOCC1.C=C. The summed E-state index contributed by atoms with van der Waals surface area (Å²) in [5.74, 6) is 1.08. The average molecular weight is 619 g/mol. The molecule has 2 aromatic rings. The van der Waals surface area contributed by atoms with Crippen LogP contribution in [0.5, 0.6) is 0 Å². The zero-order valence-electron chi connectivity index (χ0n) is 25.8. The molecule has 0 saturated carbocycles. The fourth-order valence-electron chi connectivity index (χ4n) is 5.35. The van der Waals surface area contributed by atoms with Gasteiger partial charge in [0.2, 0.25) is 0 Å². The number of carbonyl (C=O) groups excluding carboxylic acids is 1. The Hall–Kier alpha value is -3.60. The highest BCUT2D eigenvalue weighted by atomic mass is 35.5. The number of allylic oxidation sites excluding steroid dienone is 1. The van der Waals surface area contributed by atoms with Crippen LogP contribution < -0.4 is 16.5 Å². The van der Waals surface area contributed by atoms with E-state index >= 15 is 0 Å². The van der Waals surface area contributed by atoms with Crippen molar-refractivity contribution in [2.24, 2.45) is 15.7 Å². The van der Waals surface area contributed by atoms with Crippen molar-refractivity contribution in [2.45, 2.75) is 65.0 Å². The lowest BCUT2D eigenvalue weighted by Crippen LogP contribution is -2.44. The molecule has 1 amide bonds. The molecule has 0 spiro atoms. The van der Waals surface area contributed by atoms with Gasteiger partial charge in [-0.25, -0.2) is 20.3 Å². The Morgan fingerprint density at radius 1 is 1.20 bits per heavy atom. The van der Waals surface area contributed by atoms with Crippen molar-refractivity contribution < 1.29 is 14.4 Å². The monoisotopic (exact) mass is 618 g/mol. The Morgan fingerprint density at radius 2 is 1.91 bits per heavy atom. The fraction of sp³-hybridized carbons (Fsp3) is 0.382. The number of hydrogen-bond acceptors (Lipinski definition) is 8. The Labute approximate surface area is 265 Å². The number of nitrogens with two attached hydrogens (primary N) is 1. The van der Waals surface area contributed by atoms with Gasteiger partial charge in [0.25, 0.3) is 5.91 Å². The minimum atomic E-state index is -0.280. The highest BCUT2D eigenvalue weighted by Crippen LogP contribution is 2.33. The highest BCUT2D eigenvalue weighted by molar-refractivity contribution is 6.37. The van der Waals surface area contributed by atoms with E-state index in [9.17, 15) is 4.79 Å². The summed E-state index contributed by atoms with van der Waals surface area (Å²) in [5.41, 5.74) is 13.5. The summed E-state index contributed by atoms with van der Waals surface area (Å²) >= 11 is 6.80. The lowest BCUT2D eigenvalue weighted by Gasteiger charge is -2.32. The summed E-state index contributed by atoms with van der Waals surface area (Å²) in [6.45, 7) is 14.3. The molecule has 2 atom stereocenters. The maximum absolute atomic E-state index is 14.3. The second-order valence-corrected chi connectivity index (χ2v) is 11.1. The third-order valence-electron chi connectivity index (χ3n) is 7.58. The number of ether oxygens (including phenoxy) is 1. The average Bonchev–Trinajstić information content (AvgIpc) is 3.48. The first-order valence-corrected chi connectivity index (χ1v) is 15.4. The molecule has 2 unspecified atom stereocenters. The Morgan fingerprint density at radius 3 is 2.52 bits per heavy atom. The second-order valence-electron chi connectivity index (χ2n) is 10.7. The topological polar surface area (TPSA) is 114 Å². The Kier molecular flexibility index (Phi) is 12.1. The van der Waals surface area contributed by atoms with Crippen molar-refractivity contribution in [1.82, 2.24) is 15.7 Å². The van der Waals surface area contributed by atoms with Crippen LogP contribution >= 0.6 is 11.6 Å². The molecular formula is C34H43ClN6O3. The quantitative estimate of drug-likeness (QED) is 0.335. The summed E-state index contributed by atoms with van der Waals surface area (Å²) in [5, 5.41) is 4.06. The first-order chi connectivity index (χ1) is 21.4. The molecule has 2 aromatic carbocycles. The number of halogens is 1. The van der Waals surface area contributed by atoms with Gasteiger partial charge in [0, 0.05) is 46.6 Å². The third kappa shape index (κ3) is 8.11. The standard InChI is InChI=1S/C32H39ClN6O3.C2H4/c1-4-24-17-28(27-10-9-25(18-29(27)33)30-37-21(3)42-38-30)32(40)39(19-23-7-5-22(6-8-23)11-14-34)31(24)36-20(2)35-26-12-15-41-16-13-26;1-2/h4-10,17-18,20-21,26,35H,11-16,19,34H2,1-3H3,(H,37,38);1-2H2/b24-4-,36-31+;. The first-order valence-electron chi connectivity index (χ1n) is 15.1. The summed E-state index contributed by atoms with van der Waals surface area (Å²) in [7, 11) is 0. The molecule has 3 aliphatic heterocycles. The summed E-state index contributed by atoms with van der Waals surface area (Å²) in [6, 6.07) is 14.1. The van der Waals surface area contributed by atoms with Crippen LogP contribution in [0.15, 0.2) is 83.3 Å². The predicted octanol–water partition coefficient (Wildman–Crippen LogP) is 5.16. The van der Waals surface area contributed by atoms with Crippen molar-refractivity contribution in [3.05, 3.63) is 101 Å². The minimum Gasteiger partial charge on any atom is -0.381 e. The van der Waals surface area contributed by atoms with Gasteiger partial charge in [0.05, 0.1) is 12.7 Å². The molecule has 3 heterocycles. The van der Waals surface area contributed by atoms with Gasteiger partial charge in [-0.05, 0) is 69.8 Å². The van der Waals surface area contributed by atoms with E-state index in [0.717, 1.165) is 54.7 Å². The predicted molar refractivity (Wildman–Crippen MR) is 178 cm³/mol. The molecule has 0 radical (unpaired) electrons. The van der Waals surface area contributed by atoms with Crippen molar-refractivity contribution in [3.8, 4) is 0 Å². The fourth-order valence-corrected chi connectivity index (χ4v) is 5.63. The molecule has 0 aromatic heterocycles. The van der Waals surface area contributed by atoms with E-state index in [1.54, 1.807) is 11.0 Å². The smallest absolute Gasteiger partial charge is 0.260 e. The van der Waals surface area contributed by atoms with Gasteiger partial charge in [0.1, 0.15) is 5.84 Å². The van der Waals surface area contributed by atoms with Crippen LogP contribution in [0.4, 0.5) is 0 Å². The molecule has 234 valence electrons. The molecule has 10 heteroatoms. The molecule has 0 aliphatic carbocycles. The van der Waals surface area contributed by atoms with Crippen LogP contribution in [0.25, 0.3) is 5.57 Å². The maximum atomic E-state index is 14.3. The van der Waals surface area contributed by atoms with Gasteiger partial charge in [-0.2, -0.15) is 0 Å². The van der Waals surface area contributed by atoms with E-state index in [1.807, 2.05) is 57.2 Å². The molecule has 9 nitrogen and oxygen atoms in total. The first kappa shape index (κ1) is 33.3. The molecule has 4 N–H and O–H groups in total. The number of nitrogens with zero attached hydrogens (tertiary/aromatic N) is 3. The van der Waals surface area contributed by atoms with E-state index in [-0.39, 0.29) is 18.3 Å². The molecule has 1 fully saturated rings. The molecule has 3 aliphatic rings. The number of carbonyl (C=O) groups is 1. The van der Waals surface area contributed by atoms with Crippen LogP contribution in [0, 0.1) is 0 Å². The van der Waals surface area contributed by atoms with Gasteiger partial charge in [-0.15, -0.1) is 13.2 Å². The van der Waals surface area contributed by atoms with Gasteiger partial charge < -0.3 is 10.5 Å². The number of hydrogen-bond donors (Lipinski definition) is 3. The molecule has 1 saturated heterocycles. The molecule has 44 heavy (non-hydrogen) atoms. The Balaban J connectivity index is 0.00000216. The van der Waals surface area contributed by atoms with Gasteiger partial charge in [0.15, 0.2) is 12.1 Å². The Bertz CT molecular complexity index is 1430. The number of nitrogens with one attached hydrogen (secondary N) is 2. The lowest BCUT2D eigenvalue weighted by atomic mass is 9.95. The van der Waals surface area contributed by atoms with Crippen LogP contribution in [0.3, 0.4) is 0 Å². The van der Waals surface area contributed by atoms with Crippen molar-refractivity contribution in [2.75, 3.05) is 19.8 Å². The summed E-state index contributed by atoms with van der Waals surface area (Å²) in [4.78, 5) is 30.8. The van der Waals surface area contributed by atoms with Gasteiger partial charge in [-0.1, -0.05) is 54.1 Å². The van der Waals surface area contributed by atoms with E-state index in [0.29, 0.717) is 47.0 Å². The summed E-state index contributed by atoms with van der Waals surface area (Å²) in [6.07, 6.45) is 6.09. The molecule has 5 rings (SSSR count). The maximum Gasteiger partial charge on any atom is 0.260 e. The van der Waals surface area contributed by atoms with E-state index in [4.69, 9.17) is 31.9 Å². The van der Waals surface area contributed by atoms with Crippen molar-refractivity contribution in [3.63, 3.8) is 0 Å². The van der Waals surface area contributed by atoms with Crippen molar-refractivity contribution >= 4 is 34.8 Å². The van der Waals surface area contributed by atoms with Crippen LogP contribution in [-0.2, 0) is 27.3 Å². The lowest BCUT2D eigenvalue weighted by molar-refractivity contribution is -0.122. The van der Waals surface area contributed by atoms with E-state index in [1.165, 1.54) is 0 Å². The van der Waals surface area contributed by atoms with Crippen LogP contribution in [-0.4, -0.2) is 60.7 Å². The number of hydroxylamine groups is 1. The van der Waals surface area contributed by atoms with Gasteiger partial charge in [-0.3, -0.25) is 15.0 Å². The van der Waals surface area contributed by atoms with E-state index < -0.39 is 0 Å². The normalized spacial score (nSPS) is 21.4. The number of benzene rings is 2. The number of amidine groups is 2. The minimum absolute atomic E-state index is 0.161. The van der Waals surface area contributed by atoms with Crippen molar-refractivity contribution in [1.29, 1.82) is 0 Å². The van der Waals surface area contributed by atoms with Crippen LogP contribution in [0.1, 0.15) is 55.9 Å².